The summed E-state index contributed by atoms with van der Waals surface area (Å²) in [6.07, 6.45) is 2.76. The van der Waals surface area contributed by atoms with Crippen molar-refractivity contribution in [1.82, 2.24) is 9.80 Å². The van der Waals surface area contributed by atoms with E-state index in [2.05, 4.69) is 11.0 Å². The van der Waals surface area contributed by atoms with Crippen molar-refractivity contribution in [2.75, 3.05) is 39.8 Å². The summed E-state index contributed by atoms with van der Waals surface area (Å²) in [6.45, 7) is 5.59. The molecule has 1 aliphatic rings. The van der Waals surface area contributed by atoms with Crippen LogP contribution in [0.1, 0.15) is 26.2 Å². The Morgan fingerprint density at radius 2 is 2.17 bits per heavy atom. The molecule has 0 spiro atoms. The molecule has 5 heteroatoms. The number of rotatable bonds is 6. The van der Waals surface area contributed by atoms with Crippen molar-refractivity contribution in [3.05, 3.63) is 0 Å². The molecule has 0 aromatic heterocycles. The van der Waals surface area contributed by atoms with Gasteiger partial charge in [-0.05, 0) is 19.8 Å². The third-order valence-electron chi connectivity index (χ3n) is 3.28. The maximum atomic E-state index is 11.9. The molecule has 0 saturated carbocycles. The van der Waals surface area contributed by atoms with Gasteiger partial charge in [0.05, 0.1) is 25.1 Å². The fraction of sp³-hybridized carbons (Fsp3) is 0.846. The van der Waals surface area contributed by atoms with Crippen LogP contribution < -0.4 is 0 Å². The summed E-state index contributed by atoms with van der Waals surface area (Å²) in [5.74, 6) is 0.0973. The molecule has 0 atom stereocenters. The molecular weight excluding hydrogens is 230 g/mol. The van der Waals surface area contributed by atoms with Crippen molar-refractivity contribution in [3.63, 3.8) is 0 Å². The van der Waals surface area contributed by atoms with Crippen LogP contribution in [0.25, 0.3) is 0 Å². The molecule has 102 valence electrons. The molecule has 0 aromatic rings. The molecule has 1 aliphatic heterocycles. The quantitative estimate of drug-likeness (QED) is 0.704. The van der Waals surface area contributed by atoms with E-state index in [4.69, 9.17) is 10.00 Å². The smallest absolute Gasteiger partial charge is 0.236 e. The molecule has 18 heavy (non-hydrogen) atoms. The molecule has 0 radical (unpaired) electrons. The average molecular weight is 253 g/mol. The minimum absolute atomic E-state index is 0.0973. The van der Waals surface area contributed by atoms with Crippen LogP contribution in [0.15, 0.2) is 0 Å². The van der Waals surface area contributed by atoms with Crippen molar-refractivity contribution >= 4 is 5.91 Å². The Balaban J connectivity index is 2.24. The van der Waals surface area contributed by atoms with Gasteiger partial charge in [-0.25, -0.2) is 0 Å². The van der Waals surface area contributed by atoms with E-state index < -0.39 is 0 Å². The lowest BCUT2D eigenvalue weighted by molar-refractivity contribution is -0.131. The minimum Gasteiger partial charge on any atom is -0.378 e. The van der Waals surface area contributed by atoms with Crippen LogP contribution in [0.3, 0.4) is 0 Å². The fourth-order valence-corrected chi connectivity index (χ4v) is 2.12. The number of carbonyl (C=O) groups excluding carboxylic acids is 1. The number of hydrogen-bond acceptors (Lipinski definition) is 4. The van der Waals surface area contributed by atoms with Gasteiger partial charge in [0.25, 0.3) is 0 Å². The molecule has 5 nitrogen and oxygen atoms in total. The Morgan fingerprint density at radius 3 is 2.72 bits per heavy atom. The zero-order chi connectivity index (χ0) is 13.4. The summed E-state index contributed by atoms with van der Waals surface area (Å²) in [4.78, 5) is 15.7. The zero-order valence-corrected chi connectivity index (χ0v) is 11.4. The third-order valence-corrected chi connectivity index (χ3v) is 3.28. The van der Waals surface area contributed by atoms with E-state index in [0.29, 0.717) is 25.6 Å². The molecule has 0 unspecified atom stereocenters. The van der Waals surface area contributed by atoms with Gasteiger partial charge in [-0.3, -0.25) is 9.69 Å². The van der Waals surface area contributed by atoms with Gasteiger partial charge in [0.1, 0.15) is 0 Å². The number of nitriles is 1. The lowest BCUT2D eigenvalue weighted by Gasteiger charge is -2.32. The second kappa shape index (κ2) is 8.06. The SMILES string of the molecule is CCOC1CCN(CC(=O)N(C)CCC#N)CC1. The minimum atomic E-state index is 0.0973. The van der Waals surface area contributed by atoms with E-state index in [1.807, 2.05) is 6.92 Å². The molecule has 0 aromatic carbocycles. The second-order valence-corrected chi connectivity index (χ2v) is 4.65. The summed E-state index contributed by atoms with van der Waals surface area (Å²) in [5, 5.41) is 8.49. The Kier molecular flexibility index (Phi) is 6.69. The molecule has 1 fully saturated rings. The molecule has 1 rings (SSSR count). The van der Waals surface area contributed by atoms with Gasteiger partial charge in [0, 0.05) is 33.3 Å². The van der Waals surface area contributed by atoms with Crippen molar-refractivity contribution < 1.29 is 9.53 Å². The lowest BCUT2D eigenvalue weighted by Crippen LogP contribution is -2.43. The lowest BCUT2D eigenvalue weighted by atomic mass is 10.1. The zero-order valence-electron chi connectivity index (χ0n) is 11.4. The van der Waals surface area contributed by atoms with E-state index in [9.17, 15) is 4.79 Å². The third kappa shape index (κ3) is 5.03. The Labute approximate surface area is 109 Å². The van der Waals surface area contributed by atoms with Gasteiger partial charge in [0.2, 0.25) is 5.91 Å². The molecule has 1 amide bonds. The van der Waals surface area contributed by atoms with Gasteiger partial charge in [-0.2, -0.15) is 5.26 Å². The monoisotopic (exact) mass is 253 g/mol. The van der Waals surface area contributed by atoms with Crippen LogP contribution in [-0.2, 0) is 9.53 Å². The number of likely N-dealkylation sites (N-methyl/N-ethyl adjacent to an activating group) is 1. The van der Waals surface area contributed by atoms with Crippen LogP contribution in [0.2, 0.25) is 0 Å². The first-order valence-electron chi connectivity index (χ1n) is 6.62. The number of hydrogen-bond donors (Lipinski definition) is 0. The summed E-state index contributed by atoms with van der Waals surface area (Å²) in [6, 6.07) is 2.05. The first-order valence-corrected chi connectivity index (χ1v) is 6.62. The van der Waals surface area contributed by atoms with Crippen LogP contribution in [0.5, 0.6) is 0 Å². The summed E-state index contributed by atoms with van der Waals surface area (Å²) < 4.78 is 5.58. The van der Waals surface area contributed by atoms with Crippen molar-refractivity contribution in [2.24, 2.45) is 0 Å². The van der Waals surface area contributed by atoms with Crippen LogP contribution in [0, 0.1) is 11.3 Å². The topological polar surface area (TPSA) is 56.6 Å². The van der Waals surface area contributed by atoms with Crippen LogP contribution in [0.4, 0.5) is 0 Å². The molecule has 0 aliphatic carbocycles. The van der Waals surface area contributed by atoms with Crippen molar-refractivity contribution in [1.29, 1.82) is 5.26 Å². The van der Waals surface area contributed by atoms with Crippen molar-refractivity contribution in [2.45, 2.75) is 32.3 Å². The van der Waals surface area contributed by atoms with Crippen LogP contribution in [-0.4, -0.2) is 61.6 Å². The second-order valence-electron chi connectivity index (χ2n) is 4.65. The highest BCUT2D eigenvalue weighted by Crippen LogP contribution is 2.13. The van der Waals surface area contributed by atoms with Crippen LogP contribution >= 0.6 is 0 Å². The molecule has 1 heterocycles. The van der Waals surface area contributed by atoms with Gasteiger partial charge >= 0.3 is 0 Å². The molecule has 0 N–H and O–H groups in total. The fourth-order valence-electron chi connectivity index (χ4n) is 2.12. The largest absolute Gasteiger partial charge is 0.378 e. The molecule has 1 saturated heterocycles. The van der Waals surface area contributed by atoms with Crippen molar-refractivity contribution in [3.8, 4) is 6.07 Å². The van der Waals surface area contributed by atoms with E-state index >= 15 is 0 Å². The predicted molar refractivity (Wildman–Crippen MR) is 69.0 cm³/mol. The number of piperidine rings is 1. The summed E-state index contributed by atoms with van der Waals surface area (Å²) in [7, 11) is 1.76. The van der Waals surface area contributed by atoms with Gasteiger partial charge in [0.15, 0.2) is 0 Å². The number of amides is 1. The highest BCUT2D eigenvalue weighted by Gasteiger charge is 2.21. The number of likely N-dealkylation sites (tertiary alicyclic amines) is 1. The summed E-state index contributed by atoms with van der Waals surface area (Å²) >= 11 is 0. The molecule has 0 bridgehead atoms. The van der Waals surface area contributed by atoms with Gasteiger partial charge < -0.3 is 9.64 Å². The van der Waals surface area contributed by atoms with E-state index in [1.54, 1.807) is 11.9 Å². The number of nitrogens with zero attached hydrogens (tertiary/aromatic N) is 3. The number of carbonyl (C=O) groups is 1. The highest BCUT2D eigenvalue weighted by atomic mass is 16.5. The van der Waals surface area contributed by atoms with E-state index in [0.717, 1.165) is 32.5 Å². The Bertz CT molecular complexity index is 293. The highest BCUT2D eigenvalue weighted by molar-refractivity contribution is 5.78. The maximum absolute atomic E-state index is 11.9. The summed E-state index contributed by atoms with van der Waals surface area (Å²) in [5.41, 5.74) is 0. The molecular formula is C13H23N3O2. The standard InChI is InChI=1S/C13H23N3O2/c1-3-18-12-5-9-16(10-6-12)11-13(17)15(2)8-4-7-14/h12H,3-6,8-11H2,1-2H3. The number of ether oxygens (including phenoxy) is 1. The van der Waals surface area contributed by atoms with Gasteiger partial charge in [-0.15, -0.1) is 0 Å². The maximum Gasteiger partial charge on any atom is 0.236 e. The Morgan fingerprint density at radius 1 is 1.50 bits per heavy atom. The Hall–Kier alpha value is -1.12. The predicted octanol–water partition coefficient (Wildman–Crippen LogP) is 0.859. The normalized spacial score (nSPS) is 17.4. The van der Waals surface area contributed by atoms with Gasteiger partial charge in [-0.1, -0.05) is 0 Å². The first-order chi connectivity index (χ1) is 8.67. The first kappa shape index (κ1) is 14.9. The van der Waals surface area contributed by atoms with E-state index in [1.165, 1.54) is 0 Å². The van der Waals surface area contributed by atoms with E-state index in [-0.39, 0.29) is 5.91 Å². The average Bonchev–Trinajstić information content (AvgIpc) is 2.38.